The van der Waals surface area contributed by atoms with Gasteiger partial charge >= 0.3 is 5.97 Å². The summed E-state index contributed by atoms with van der Waals surface area (Å²) in [5.41, 5.74) is 0. The molecule has 82 valence electrons. The van der Waals surface area contributed by atoms with Crippen molar-refractivity contribution in [3.8, 4) is 0 Å². The van der Waals surface area contributed by atoms with Gasteiger partial charge in [-0.2, -0.15) is 4.31 Å². The SMILES string of the molecule is CCC(CC(=O)O)N1CCCS1(=O)=O. The Hall–Kier alpha value is -0.620. The number of hydrogen-bond acceptors (Lipinski definition) is 3. The molecule has 0 aromatic heterocycles. The molecule has 14 heavy (non-hydrogen) atoms. The van der Waals surface area contributed by atoms with E-state index in [-0.39, 0.29) is 18.2 Å². The molecule has 5 nitrogen and oxygen atoms in total. The Morgan fingerprint density at radius 3 is 2.57 bits per heavy atom. The van der Waals surface area contributed by atoms with Crippen molar-refractivity contribution in [3.63, 3.8) is 0 Å². The van der Waals surface area contributed by atoms with E-state index >= 15 is 0 Å². The van der Waals surface area contributed by atoms with Gasteiger partial charge in [0.15, 0.2) is 0 Å². The minimum absolute atomic E-state index is 0.101. The molecule has 6 heteroatoms. The summed E-state index contributed by atoms with van der Waals surface area (Å²) in [7, 11) is -3.17. The van der Waals surface area contributed by atoms with Crippen LogP contribution in [0.5, 0.6) is 0 Å². The topological polar surface area (TPSA) is 74.7 Å². The first kappa shape index (κ1) is 11.5. The molecule has 0 saturated carbocycles. The van der Waals surface area contributed by atoms with Gasteiger partial charge in [-0.1, -0.05) is 6.92 Å². The van der Waals surface area contributed by atoms with Crippen LogP contribution in [0.25, 0.3) is 0 Å². The van der Waals surface area contributed by atoms with Crippen molar-refractivity contribution in [1.29, 1.82) is 0 Å². The lowest BCUT2D eigenvalue weighted by Gasteiger charge is -2.23. The molecule has 1 unspecified atom stereocenters. The van der Waals surface area contributed by atoms with Crippen LogP contribution in [0.3, 0.4) is 0 Å². The third-order valence-electron chi connectivity index (χ3n) is 2.43. The van der Waals surface area contributed by atoms with Gasteiger partial charge in [-0.15, -0.1) is 0 Å². The molecule has 1 fully saturated rings. The van der Waals surface area contributed by atoms with Gasteiger partial charge in [0.05, 0.1) is 12.2 Å². The molecular formula is C8H15NO4S. The molecule has 1 aliphatic rings. The zero-order valence-electron chi connectivity index (χ0n) is 8.14. The average Bonchev–Trinajstić information content (AvgIpc) is 2.41. The van der Waals surface area contributed by atoms with Crippen LogP contribution in [0.15, 0.2) is 0 Å². The number of carboxylic acids is 1. The van der Waals surface area contributed by atoms with Gasteiger partial charge in [-0.25, -0.2) is 8.42 Å². The van der Waals surface area contributed by atoms with E-state index in [9.17, 15) is 13.2 Å². The van der Waals surface area contributed by atoms with Crippen LogP contribution in [0.4, 0.5) is 0 Å². The number of carboxylic acid groups (broad SMARTS) is 1. The lowest BCUT2D eigenvalue weighted by molar-refractivity contribution is -0.138. The molecule has 1 aliphatic heterocycles. The van der Waals surface area contributed by atoms with Gasteiger partial charge in [0.2, 0.25) is 10.0 Å². The van der Waals surface area contributed by atoms with Gasteiger partial charge in [-0.05, 0) is 12.8 Å². The number of sulfonamides is 1. The molecule has 0 bridgehead atoms. The third kappa shape index (κ3) is 2.45. The molecular weight excluding hydrogens is 206 g/mol. The van der Waals surface area contributed by atoms with Crippen molar-refractivity contribution in [3.05, 3.63) is 0 Å². The standard InChI is InChI=1S/C8H15NO4S/c1-2-7(6-8(10)11)9-4-3-5-14(9,12)13/h7H,2-6H2,1H3,(H,10,11). The Morgan fingerprint density at radius 1 is 1.57 bits per heavy atom. The highest BCUT2D eigenvalue weighted by Crippen LogP contribution is 2.20. The molecule has 1 atom stereocenters. The fraction of sp³-hybridized carbons (Fsp3) is 0.875. The van der Waals surface area contributed by atoms with Crippen LogP contribution in [0.1, 0.15) is 26.2 Å². The Morgan fingerprint density at radius 2 is 2.21 bits per heavy atom. The van der Waals surface area contributed by atoms with Crippen molar-refractivity contribution in [1.82, 2.24) is 4.31 Å². The molecule has 0 aliphatic carbocycles. The van der Waals surface area contributed by atoms with E-state index < -0.39 is 16.0 Å². The highest BCUT2D eigenvalue weighted by molar-refractivity contribution is 7.89. The molecule has 0 aromatic carbocycles. The van der Waals surface area contributed by atoms with Crippen LogP contribution in [-0.2, 0) is 14.8 Å². The van der Waals surface area contributed by atoms with E-state index in [1.54, 1.807) is 6.92 Å². The highest BCUT2D eigenvalue weighted by atomic mass is 32.2. The Labute approximate surface area is 83.8 Å². The third-order valence-corrected chi connectivity index (χ3v) is 4.43. The van der Waals surface area contributed by atoms with Crippen LogP contribution in [0.2, 0.25) is 0 Å². The lowest BCUT2D eigenvalue weighted by atomic mass is 10.1. The molecule has 1 N–H and O–H groups in total. The van der Waals surface area contributed by atoms with E-state index in [0.29, 0.717) is 19.4 Å². The number of carbonyl (C=O) groups is 1. The van der Waals surface area contributed by atoms with Gasteiger partial charge in [0, 0.05) is 12.6 Å². The van der Waals surface area contributed by atoms with Gasteiger partial charge < -0.3 is 5.11 Å². The molecule has 0 amide bonds. The van der Waals surface area contributed by atoms with Gasteiger partial charge in [0.1, 0.15) is 0 Å². The van der Waals surface area contributed by atoms with Crippen LogP contribution >= 0.6 is 0 Å². The van der Waals surface area contributed by atoms with E-state index in [4.69, 9.17) is 5.11 Å². The minimum Gasteiger partial charge on any atom is -0.481 e. The maximum atomic E-state index is 11.5. The lowest BCUT2D eigenvalue weighted by Crippen LogP contribution is -2.37. The van der Waals surface area contributed by atoms with E-state index in [2.05, 4.69) is 0 Å². The second-order valence-electron chi connectivity index (χ2n) is 3.44. The van der Waals surface area contributed by atoms with Gasteiger partial charge in [-0.3, -0.25) is 4.79 Å². The molecule has 0 spiro atoms. The summed E-state index contributed by atoms with van der Waals surface area (Å²) in [6.45, 7) is 2.27. The summed E-state index contributed by atoms with van der Waals surface area (Å²) in [6, 6.07) is -0.375. The Bertz CT molecular complexity index is 311. The first-order valence-electron chi connectivity index (χ1n) is 4.68. The van der Waals surface area contributed by atoms with Crippen LogP contribution < -0.4 is 0 Å². The normalized spacial score (nSPS) is 23.5. The number of hydrogen-bond donors (Lipinski definition) is 1. The molecule has 1 saturated heterocycles. The van der Waals surface area contributed by atoms with Crippen molar-refractivity contribution < 1.29 is 18.3 Å². The average molecular weight is 221 g/mol. The first-order chi connectivity index (χ1) is 6.47. The van der Waals surface area contributed by atoms with Crippen molar-refractivity contribution in [2.75, 3.05) is 12.3 Å². The predicted molar refractivity (Wildman–Crippen MR) is 51.4 cm³/mol. The molecule has 1 heterocycles. The van der Waals surface area contributed by atoms with Crippen LogP contribution in [-0.4, -0.2) is 42.1 Å². The summed E-state index contributed by atoms with van der Waals surface area (Å²) in [4.78, 5) is 10.5. The van der Waals surface area contributed by atoms with Crippen molar-refractivity contribution >= 4 is 16.0 Å². The summed E-state index contributed by atoms with van der Waals surface area (Å²) in [5, 5.41) is 8.62. The number of aliphatic carboxylic acids is 1. The summed E-state index contributed by atoms with van der Waals surface area (Å²) < 4.78 is 24.3. The molecule has 0 radical (unpaired) electrons. The molecule has 0 aromatic rings. The van der Waals surface area contributed by atoms with E-state index in [0.717, 1.165) is 0 Å². The maximum Gasteiger partial charge on any atom is 0.304 e. The van der Waals surface area contributed by atoms with Crippen molar-refractivity contribution in [2.24, 2.45) is 0 Å². The fourth-order valence-electron chi connectivity index (χ4n) is 1.72. The fourth-order valence-corrected chi connectivity index (χ4v) is 3.53. The van der Waals surface area contributed by atoms with E-state index in [1.165, 1.54) is 4.31 Å². The zero-order valence-corrected chi connectivity index (χ0v) is 8.96. The summed E-state index contributed by atoms with van der Waals surface area (Å²) in [6.07, 6.45) is 1.06. The summed E-state index contributed by atoms with van der Waals surface area (Å²) >= 11 is 0. The predicted octanol–water partition coefficient (Wildman–Crippen LogP) is 0.275. The second kappa shape index (κ2) is 4.27. The smallest absolute Gasteiger partial charge is 0.304 e. The zero-order chi connectivity index (χ0) is 10.8. The number of rotatable bonds is 4. The van der Waals surface area contributed by atoms with Crippen molar-refractivity contribution in [2.45, 2.75) is 32.2 Å². The second-order valence-corrected chi connectivity index (χ2v) is 5.48. The highest BCUT2D eigenvalue weighted by Gasteiger charge is 2.34. The Kier molecular flexibility index (Phi) is 3.49. The number of nitrogens with zero attached hydrogens (tertiary/aromatic N) is 1. The van der Waals surface area contributed by atoms with E-state index in [1.807, 2.05) is 0 Å². The molecule has 1 rings (SSSR count). The maximum absolute atomic E-state index is 11.5. The van der Waals surface area contributed by atoms with Gasteiger partial charge in [0.25, 0.3) is 0 Å². The van der Waals surface area contributed by atoms with Crippen LogP contribution in [0, 0.1) is 0 Å². The monoisotopic (exact) mass is 221 g/mol. The summed E-state index contributed by atoms with van der Waals surface area (Å²) in [5.74, 6) is -0.790. The first-order valence-corrected chi connectivity index (χ1v) is 6.29. The minimum atomic E-state index is -3.17. The largest absolute Gasteiger partial charge is 0.481 e. The Balaban J connectivity index is 2.74. The quantitative estimate of drug-likeness (QED) is 0.739.